The third kappa shape index (κ3) is 4.25. The second-order valence-corrected chi connectivity index (χ2v) is 8.51. The van der Waals surface area contributed by atoms with Crippen LogP contribution in [0.25, 0.3) is 0 Å². The van der Waals surface area contributed by atoms with Crippen LogP contribution in [0.5, 0.6) is 5.75 Å². The third-order valence-corrected chi connectivity index (χ3v) is 5.39. The summed E-state index contributed by atoms with van der Waals surface area (Å²) in [7, 11) is 1.39. The average molecular weight is 377 g/mol. The van der Waals surface area contributed by atoms with Gasteiger partial charge in [-0.15, -0.1) is 0 Å². The SMILES string of the molecule is COc1cc(C(=O)C2CC3CCCC(C2)N3C(=O)OC(C)(C)C)ccc1F. The molecule has 1 amide bonds. The molecule has 148 valence electrons. The first-order valence-electron chi connectivity index (χ1n) is 9.58. The number of halogens is 1. The highest BCUT2D eigenvalue weighted by atomic mass is 19.1. The van der Waals surface area contributed by atoms with Crippen molar-refractivity contribution in [2.75, 3.05) is 7.11 Å². The Kier molecular flexibility index (Phi) is 5.45. The predicted molar refractivity (Wildman–Crippen MR) is 99.5 cm³/mol. The maximum Gasteiger partial charge on any atom is 0.410 e. The van der Waals surface area contributed by atoms with E-state index in [-0.39, 0.29) is 35.6 Å². The first-order valence-corrected chi connectivity index (χ1v) is 9.58. The minimum atomic E-state index is -0.539. The van der Waals surface area contributed by atoms with Crippen molar-refractivity contribution in [2.24, 2.45) is 5.92 Å². The molecule has 1 aromatic carbocycles. The van der Waals surface area contributed by atoms with Crippen LogP contribution in [0, 0.1) is 11.7 Å². The van der Waals surface area contributed by atoms with Gasteiger partial charge in [0.05, 0.1) is 7.11 Å². The van der Waals surface area contributed by atoms with Crippen LogP contribution in [0.4, 0.5) is 9.18 Å². The van der Waals surface area contributed by atoms with Crippen molar-refractivity contribution in [1.29, 1.82) is 0 Å². The molecule has 5 nitrogen and oxygen atoms in total. The molecule has 0 aliphatic carbocycles. The minimum Gasteiger partial charge on any atom is -0.494 e. The lowest BCUT2D eigenvalue weighted by Crippen LogP contribution is -2.56. The number of hydrogen-bond acceptors (Lipinski definition) is 4. The van der Waals surface area contributed by atoms with Gasteiger partial charge in [-0.3, -0.25) is 4.79 Å². The smallest absolute Gasteiger partial charge is 0.410 e. The van der Waals surface area contributed by atoms with Crippen molar-refractivity contribution >= 4 is 11.9 Å². The van der Waals surface area contributed by atoms with Gasteiger partial charge in [0.25, 0.3) is 0 Å². The number of piperidine rings is 2. The van der Waals surface area contributed by atoms with E-state index in [1.165, 1.54) is 25.3 Å². The Bertz CT molecular complexity index is 713. The van der Waals surface area contributed by atoms with Gasteiger partial charge < -0.3 is 14.4 Å². The zero-order chi connectivity index (χ0) is 19.8. The average Bonchev–Trinajstić information content (AvgIpc) is 2.59. The van der Waals surface area contributed by atoms with Crippen LogP contribution < -0.4 is 4.74 Å². The molecule has 6 heteroatoms. The fourth-order valence-corrected chi connectivity index (χ4v) is 4.26. The van der Waals surface area contributed by atoms with Crippen LogP contribution in [-0.4, -0.2) is 41.6 Å². The van der Waals surface area contributed by atoms with Crippen molar-refractivity contribution in [1.82, 2.24) is 4.90 Å². The molecule has 2 bridgehead atoms. The second kappa shape index (κ2) is 7.49. The first kappa shape index (κ1) is 19.6. The van der Waals surface area contributed by atoms with Gasteiger partial charge >= 0.3 is 6.09 Å². The zero-order valence-electron chi connectivity index (χ0n) is 16.5. The zero-order valence-corrected chi connectivity index (χ0v) is 16.5. The molecule has 2 aliphatic heterocycles. The molecule has 2 saturated heterocycles. The fraction of sp³-hybridized carbons (Fsp3) is 0.619. The van der Waals surface area contributed by atoms with Gasteiger partial charge in [-0.1, -0.05) is 0 Å². The van der Waals surface area contributed by atoms with E-state index in [2.05, 4.69) is 0 Å². The number of ketones is 1. The van der Waals surface area contributed by atoms with Crippen LogP contribution >= 0.6 is 0 Å². The maximum absolute atomic E-state index is 13.6. The largest absolute Gasteiger partial charge is 0.494 e. The summed E-state index contributed by atoms with van der Waals surface area (Å²) in [6.07, 6.45) is 3.77. The van der Waals surface area contributed by atoms with E-state index in [4.69, 9.17) is 9.47 Å². The van der Waals surface area contributed by atoms with Gasteiger partial charge in [-0.2, -0.15) is 0 Å². The molecule has 0 N–H and O–H groups in total. The highest BCUT2D eigenvalue weighted by Crippen LogP contribution is 2.39. The number of nitrogens with zero attached hydrogens (tertiary/aromatic N) is 1. The number of amides is 1. The number of ether oxygens (including phenoxy) is 2. The van der Waals surface area contributed by atoms with Gasteiger partial charge in [0.2, 0.25) is 0 Å². The van der Waals surface area contributed by atoms with Crippen molar-refractivity contribution in [2.45, 2.75) is 70.6 Å². The van der Waals surface area contributed by atoms with Crippen molar-refractivity contribution in [3.05, 3.63) is 29.6 Å². The third-order valence-electron chi connectivity index (χ3n) is 5.39. The van der Waals surface area contributed by atoms with E-state index in [0.29, 0.717) is 18.4 Å². The second-order valence-electron chi connectivity index (χ2n) is 8.51. The molecular formula is C21H28FNO4. The van der Waals surface area contributed by atoms with E-state index < -0.39 is 11.4 Å². The Labute approximate surface area is 159 Å². The molecule has 0 spiro atoms. The van der Waals surface area contributed by atoms with E-state index in [9.17, 15) is 14.0 Å². The lowest BCUT2D eigenvalue weighted by atomic mass is 9.76. The van der Waals surface area contributed by atoms with E-state index in [1.807, 2.05) is 25.7 Å². The topological polar surface area (TPSA) is 55.8 Å². The Morgan fingerprint density at radius 2 is 1.78 bits per heavy atom. The van der Waals surface area contributed by atoms with Gasteiger partial charge in [0, 0.05) is 23.6 Å². The summed E-state index contributed by atoms with van der Waals surface area (Å²) in [4.78, 5) is 27.5. The van der Waals surface area contributed by atoms with E-state index >= 15 is 0 Å². The standard InChI is InChI=1S/C21H28FNO4/c1-21(2,3)27-20(25)23-15-6-5-7-16(23)11-14(10-15)19(24)13-8-9-17(22)18(12-13)26-4/h8-9,12,14-16H,5-7,10-11H2,1-4H3. The Hall–Kier alpha value is -2.11. The number of Topliss-reactive ketones (excluding diaryl/α,β-unsaturated/α-hetero) is 1. The molecule has 2 heterocycles. The number of carbonyl (C=O) groups excluding carboxylic acids is 2. The summed E-state index contributed by atoms with van der Waals surface area (Å²) >= 11 is 0. The van der Waals surface area contributed by atoms with Gasteiger partial charge in [-0.05, 0) is 71.1 Å². The van der Waals surface area contributed by atoms with Gasteiger partial charge in [0.1, 0.15) is 5.60 Å². The summed E-state index contributed by atoms with van der Waals surface area (Å²) in [6, 6.07) is 4.28. The van der Waals surface area contributed by atoms with Crippen LogP contribution in [0.2, 0.25) is 0 Å². The first-order chi connectivity index (χ1) is 12.7. The Morgan fingerprint density at radius 3 is 2.33 bits per heavy atom. The Balaban J connectivity index is 1.76. The minimum absolute atomic E-state index is 0.00552. The molecule has 2 atom stereocenters. The summed E-state index contributed by atoms with van der Waals surface area (Å²) in [5.41, 5.74) is -0.0788. The number of benzene rings is 1. The monoisotopic (exact) mass is 377 g/mol. The number of fused-ring (bicyclic) bond motifs is 2. The number of rotatable bonds is 3. The van der Waals surface area contributed by atoms with Gasteiger partial charge in [-0.25, -0.2) is 9.18 Å². The number of methoxy groups -OCH3 is 1. The van der Waals surface area contributed by atoms with Crippen LogP contribution in [0.15, 0.2) is 18.2 Å². The maximum atomic E-state index is 13.6. The molecule has 1 aromatic rings. The molecule has 0 aromatic heterocycles. The van der Waals surface area contributed by atoms with E-state index in [0.717, 1.165) is 19.3 Å². The summed E-state index contributed by atoms with van der Waals surface area (Å²) in [5, 5.41) is 0. The number of hydrogen-bond donors (Lipinski definition) is 0. The molecular weight excluding hydrogens is 349 g/mol. The molecule has 0 saturated carbocycles. The molecule has 27 heavy (non-hydrogen) atoms. The molecule has 2 unspecified atom stereocenters. The van der Waals surface area contributed by atoms with Crippen molar-refractivity contribution in [3.63, 3.8) is 0 Å². The summed E-state index contributed by atoms with van der Waals surface area (Å²) in [5.74, 6) is -0.582. The van der Waals surface area contributed by atoms with E-state index in [1.54, 1.807) is 0 Å². The van der Waals surface area contributed by atoms with Crippen LogP contribution in [-0.2, 0) is 4.74 Å². The molecule has 3 rings (SSSR count). The molecule has 2 aliphatic rings. The van der Waals surface area contributed by atoms with Crippen molar-refractivity contribution in [3.8, 4) is 5.75 Å². The highest BCUT2D eigenvalue weighted by Gasteiger charge is 2.44. The fourth-order valence-electron chi connectivity index (χ4n) is 4.26. The molecule has 0 radical (unpaired) electrons. The molecule has 2 fully saturated rings. The summed E-state index contributed by atoms with van der Waals surface area (Å²) in [6.45, 7) is 5.58. The normalized spacial score (nSPS) is 25.1. The Morgan fingerprint density at radius 1 is 1.15 bits per heavy atom. The lowest BCUT2D eigenvalue weighted by Gasteiger charge is -2.48. The van der Waals surface area contributed by atoms with Gasteiger partial charge in [0.15, 0.2) is 17.3 Å². The quantitative estimate of drug-likeness (QED) is 0.723. The van der Waals surface area contributed by atoms with Crippen LogP contribution in [0.3, 0.4) is 0 Å². The summed E-state index contributed by atoms with van der Waals surface area (Å²) < 4.78 is 24.2. The predicted octanol–water partition coefficient (Wildman–Crippen LogP) is 4.59. The highest BCUT2D eigenvalue weighted by molar-refractivity contribution is 5.98. The lowest BCUT2D eigenvalue weighted by molar-refractivity contribution is -0.0260. The van der Waals surface area contributed by atoms with Crippen molar-refractivity contribution < 1.29 is 23.5 Å². The number of carbonyl (C=O) groups is 2. The van der Waals surface area contributed by atoms with Crippen LogP contribution in [0.1, 0.15) is 63.2 Å².